The third-order valence-corrected chi connectivity index (χ3v) is 5.50. The third kappa shape index (κ3) is 8.93. The van der Waals surface area contributed by atoms with E-state index in [0.29, 0.717) is 18.8 Å². The fourth-order valence-corrected chi connectivity index (χ4v) is 3.52. The van der Waals surface area contributed by atoms with Gasteiger partial charge in [-0.05, 0) is 54.7 Å². The second-order valence-electron chi connectivity index (χ2n) is 8.26. The van der Waals surface area contributed by atoms with Gasteiger partial charge < -0.3 is 10.2 Å². The third-order valence-electron chi connectivity index (χ3n) is 5.50. The van der Waals surface area contributed by atoms with E-state index >= 15 is 0 Å². The van der Waals surface area contributed by atoms with Crippen LogP contribution in [-0.2, 0) is 19.1 Å². The molecule has 0 aliphatic carbocycles. The molecular formula is C26H35F3N2O. The van der Waals surface area contributed by atoms with Crippen molar-refractivity contribution < 1.29 is 18.0 Å². The Labute approximate surface area is 190 Å². The summed E-state index contributed by atoms with van der Waals surface area (Å²) in [5.74, 6) is 0. The largest absolute Gasteiger partial charge is 0.416 e. The molecule has 0 unspecified atom stereocenters. The first-order chi connectivity index (χ1) is 15.3. The number of urea groups is 1. The highest BCUT2D eigenvalue weighted by molar-refractivity contribution is 5.89. The molecule has 0 saturated heterocycles. The van der Waals surface area contributed by atoms with Crippen LogP contribution in [0.1, 0.15) is 75.5 Å². The smallest absolute Gasteiger partial charge is 0.320 e. The molecule has 0 aliphatic heterocycles. The lowest BCUT2D eigenvalue weighted by molar-refractivity contribution is -0.137. The number of halogens is 3. The Balaban J connectivity index is 2.03. The fraction of sp³-hybridized carbons (Fsp3) is 0.500. The Kier molecular flexibility index (Phi) is 10.6. The molecule has 3 nitrogen and oxygen atoms in total. The molecular weight excluding hydrogens is 413 g/mol. The molecule has 0 fully saturated rings. The van der Waals surface area contributed by atoms with Crippen molar-refractivity contribution in [3.05, 3.63) is 65.2 Å². The molecule has 2 amide bonds. The maximum absolute atomic E-state index is 12.9. The summed E-state index contributed by atoms with van der Waals surface area (Å²) in [7, 11) is 0. The van der Waals surface area contributed by atoms with E-state index in [4.69, 9.17) is 0 Å². The summed E-state index contributed by atoms with van der Waals surface area (Å²) >= 11 is 0. The van der Waals surface area contributed by atoms with Crippen LogP contribution in [0, 0.1) is 0 Å². The van der Waals surface area contributed by atoms with Gasteiger partial charge in [-0.15, -0.1) is 0 Å². The molecule has 2 rings (SSSR count). The molecule has 0 spiro atoms. The molecule has 0 radical (unpaired) electrons. The van der Waals surface area contributed by atoms with Crippen LogP contribution in [0.3, 0.4) is 0 Å². The van der Waals surface area contributed by atoms with Gasteiger partial charge in [0.2, 0.25) is 0 Å². The van der Waals surface area contributed by atoms with E-state index in [9.17, 15) is 18.0 Å². The van der Waals surface area contributed by atoms with Crippen molar-refractivity contribution in [2.75, 3.05) is 11.9 Å². The first-order valence-electron chi connectivity index (χ1n) is 11.6. The lowest BCUT2D eigenvalue weighted by Crippen LogP contribution is -2.35. The summed E-state index contributed by atoms with van der Waals surface area (Å²) in [5.41, 5.74) is 1.96. The summed E-state index contributed by atoms with van der Waals surface area (Å²) in [6, 6.07) is 12.6. The van der Waals surface area contributed by atoms with E-state index in [-0.39, 0.29) is 6.03 Å². The van der Waals surface area contributed by atoms with Crippen LogP contribution >= 0.6 is 0 Å². The van der Waals surface area contributed by atoms with E-state index in [0.717, 1.165) is 62.6 Å². The van der Waals surface area contributed by atoms with Gasteiger partial charge in [0.25, 0.3) is 0 Å². The van der Waals surface area contributed by atoms with Crippen LogP contribution in [0.5, 0.6) is 0 Å². The monoisotopic (exact) mass is 448 g/mol. The predicted octanol–water partition coefficient (Wildman–Crippen LogP) is 8.05. The van der Waals surface area contributed by atoms with E-state index < -0.39 is 11.7 Å². The molecule has 32 heavy (non-hydrogen) atoms. The van der Waals surface area contributed by atoms with Crippen molar-refractivity contribution in [3.63, 3.8) is 0 Å². The zero-order chi connectivity index (χ0) is 23.4. The zero-order valence-corrected chi connectivity index (χ0v) is 19.2. The summed E-state index contributed by atoms with van der Waals surface area (Å²) < 4.78 is 38.3. The SMILES string of the molecule is CCCCCCCN(Cc1ccc(CCCC)cc1)C(=O)Nc1ccc(C(F)(F)F)cc1. The highest BCUT2D eigenvalue weighted by Gasteiger charge is 2.30. The number of carbonyl (C=O) groups is 1. The number of hydrogen-bond acceptors (Lipinski definition) is 1. The van der Waals surface area contributed by atoms with Crippen molar-refractivity contribution in [2.45, 2.75) is 77.9 Å². The van der Waals surface area contributed by atoms with Crippen molar-refractivity contribution >= 4 is 11.7 Å². The molecule has 0 atom stereocenters. The van der Waals surface area contributed by atoms with Gasteiger partial charge in [0, 0.05) is 18.8 Å². The molecule has 176 valence electrons. The standard InChI is InChI=1S/C26H35F3N2O/c1-3-5-7-8-9-19-31(20-22-13-11-21(12-14-22)10-6-4-2)25(32)30-24-17-15-23(16-18-24)26(27,28)29/h11-18H,3-10,19-20H2,1-2H3,(H,30,32). The minimum absolute atomic E-state index is 0.296. The Morgan fingerprint density at radius 1 is 0.812 bits per heavy atom. The molecule has 0 aromatic heterocycles. The van der Waals surface area contributed by atoms with Crippen LogP contribution in [0.25, 0.3) is 0 Å². The van der Waals surface area contributed by atoms with Crippen LogP contribution in [0.4, 0.5) is 23.7 Å². The number of nitrogens with one attached hydrogen (secondary N) is 1. The van der Waals surface area contributed by atoms with Gasteiger partial charge in [-0.2, -0.15) is 13.2 Å². The lowest BCUT2D eigenvalue weighted by atomic mass is 10.1. The fourth-order valence-electron chi connectivity index (χ4n) is 3.52. The number of alkyl halides is 3. The van der Waals surface area contributed by atoms with Crippen LogP contribution in [0.2, 0.25) is 0 Å². The first-order valence-corrected chi connectivity index (χ1v) is 11.6. The topological polar surface area (TPSA) is 32.3 Å². The van der Waals surface area contributed by atoms with Gasteiger partial charge in [-0.25, -0.2) is 4.79 Å². The normalized spacial score (nSPS) is 11.4. The van der Waals surface area contributed by atoms with E-state index in [1.165, 1.54) is 24.1 Å². The van der Waals surface area contributed by atoms with Crippen molar-refractivity contribution in [3.8, 4) is 0 Å². The highest BCUT2D eigenvalue weighted by Crippen LogP contribution is 2.29. The molecule has 0 aliphatic rings. The molecule has 0 heterocycles. The molecule has 1 N–H and O–H groups in total. The van der Waals surface area contributed by atoms with E-state index in [2.05, 4.69) is 43.4 Å². The summed E-state index contributed by atoms with van der Waals surface area (Å²) in [6.45, 7) is 5.40. The van der Waals surface area contributed by atoms with Crippen molar-refractivity contribution in [2.24, 2.45) is 0 Å². The Bertz CT molecular complexity index is 801. The minimum atomic E-state index is -4.39. The van der Waals surface area contributed by atoms with E-state index in [1.54, 1.807) is 4.90 Å². The zero-order valence-electron chi connectivity index (χ0n) is 19.2. The number of carbonyl (C=O) groups excluding carboxylic acids is 1. The highest BCUT2D eigenvalue weighted by atomic mass is 19.4. The molecule has 2 aromatic rings. The van der Waals surface area contributed by atoms with Crippen molar-refractivity contribution in [1.29, 1.82) is 0 Å². The number of benzene rings is 2. The number of hydrogen-bond donors (Lipinski definition) is 1. The van der Waals surface area contributed by atoms with Crippen LogP contribution in [-0.4, -0.2) is 17.5 Å². The maximum Gasteiger partial charge on any atom is 0.416 e. The summed E-state index contributed by atoms with van der Waals surface area (Å²) in [5, 5.41) is 2.75. The van der Waals surface area contributed by atoms with E-state index in [1.807, 2.05) is 0 Å². The second kappa shape index (κ2) is 13.1. The average molecular weight is 449 g/mol. The quantitative estimate of drug-likeness (QED) is 0.327. The number of nitrogens with zero attached hydrogens (tertiary/aromatic N) is 1. The lowest BCUT2D eigenvalue weighted by Gasteiger charge is -2.24. The minimum Gasteiger partial charge on any atom is -0.320 e. The summed E-state index contributed by atoms with van der Waals surface area (Å²) in [4.78, 5) is 14.7. The maximum atomic E-state index is 12.9. The van der Waals surface area contributed by atoms with Gasteiger partial charge >= 0.3 is 12.2 Å². The van der Waals surface area contributed by atoms with Crippen molar-refractivity contribution in [1.82, 2.24) is 4.90 Å². The number of unbranched alkanes of at least 4 members (excludes halogenated alkanes) is 5. The van der Waals surface area contributed by atoms with Gasteiger partial charge in [0.05, 0.1) is 5.56 Å². The number of aryl methyl sites for hydroxylation is 1. The number of amides is 2. The van der Waals surface area contributed by atoms with Gasteiger partial charge in [0.1, 0.15) is 0 Å². The Morgan fingerprint density at radius 2 is 1.41 bits per heavy atom. The molecule has 2 aromatic carbocycles. The summed E-state index contributed by atoms with van der Waals surface area (Å²) in [6.07, 6.45) is 4.37. The second-order valence-corrected chi connectivity index (χ2v) is 8.26. The Hall–Kier alpha value is -2.50. The van der Waals surface area contributed by atoms with Gasteiger partial charge in [0.15, 0.2) is 0 Å². The number of rotatable bonds is 12. The van der Waals surface area contributed by atoms with Gasteiger partial charge in [-0.1, -0.05) is 70.2 Å². The molecule has 0 saturated carbocycles. The van der Waals surface area contributed by atoms with Crippen LogP contribution in [0.15, 0.2) is 48.5 Å². The first kappa shape index (κ1) is 25.8. The molecule has 6 heteroatoms. The average Bonchev–Trinajstić information content (AvgIpc) is 2.77. The van der Waals surface area contributed by atoms with Crippen LogP contribution < -0.4 is 5.32 Å². The Morgan fingerprint density at radius 3 is 2.00 bits per heavy atom. The molecule has 0 bridgehead atoms. The number of anilines is 1. The predicted molar refractivity (Wildman–Crippen MR) is 125 cm³/mol. The van der Waals surface area contributed by atoms with Gasteiger partial charge in [-0.3, -0.25) is 0 Å².